The number of nitrogens with zero attached hydrogens (tertiary/aromatic N) is 1. The molecule has 134 valence electrons. The van der Waals surface area contributed by atoms with E-state index in [0.29, 0.717) is 0 Å². The van der Waals surface area contributed by atoms with Crippen molar-refractivity contribution in [3.63, 3.8) is 0 Å². The second-order valence-corrected chi connectivity index (χ2v) is 6.07. The van der Waals surface area contributed by atoms with Gasteiger partial charge in [-0.15, -0.1) is 0 Å². The summed E-state index contributed by atoms with van der Waals surface area (Å²) in [5, 5.41) is 2.71. The molecular formula is C18H22N2O5. The molecule has 2 atom stereocenters. The van der Waals surface area contributed by atoms with Crippen LogP contribution in [-0.2, 0) is 14.3 Å². The number of esters is 1. The highest BCUT2D eigenvalue weighted by molar-refractivity contribution is 6.22. The predicted molar refractivity (Wildman–Crippen MR) is 89.9 cm³/mol. The zero-order valence-corrected chi connectivity index (χ0v) is 14.6. The maximum Gasteiger partial charge on any atom is 0.329 e. The number of benzene rings is 1. The van der Waals surface area contributed by atoms with Crippen molar-refractivity contribution in [1.29, 1.82) is 0 Å². The normalized spacial score (nSPS) is 15.6. The number of ether oxygens (including phenoxy) is 1. The largest absolute Gasteiger partial charge is 0.454 e. The molecule has 0 unspecified atom stereocenters. The number of carbonyl (C=O) groups is 4. The number of hydrogen-bond donors (Lipinski definition) is 1. The van der Waals surface area contributed by atoms with Crippen molar-refractivity contribution < 1.29 is 23.9 Å². The van der Waals surface area contributed by atoms with Gasteiger partial charge >= 0.3 is 5.97 Å². The molecule has 1 aromatic rings. The van der Waals surface area contributed by atoms with Crippen LogP contribution in [0.15, 0.2) is 24.3 Å². The second-order valence-electron chi connectivity index (χ2n) is 6.07. The van der Waals surface area contributed by atoms with Crippen LogP contribution in [0.2, 0.25) is 0 Å². The Morgan fingerprint density at radius 2 is 1.68 bits per heavy atom. The highest BCUT2D eigenvalue weighted by Crippen LogP contribution is 2.24. The molecule has 0 aliphatic carbocycles. The van der Waals surface area contributed by atoms with Crippen molar-refractivity contribution in [2.45, 2.75) is 45.7 Å². The van der Waals surface area contributed by atoms with Crippen molar-refractivity contribution in [2.24, 2.45) is 0 Å². The lowest BCUT2D eigenvalue weighted by Crippen LogP contribution is -2.45. The van der Waals surface area contributed by atoms with Crippen LogP contribution in [0.25, 0.3) is 0 Å². The van der Waals surface area contributed by atoms with Gasteiger partial charge in [-0.25, -0.2) is 4.79 Å². The zero-order chi connectivity index (χ0) is 18.6. The Labute approximate surface area is 146 Å². The summed E-state index contributed by atoms with van der Waals surface area (Å²) >= 11 is 0. The van der Waals surface area contributed by atoms with Crippen LogP contribution in [0.1, 0.15) is 54.3 Å². The van der Waals surface area contributed by atoms with Gasteiger partial charge in [0.25, 0.3) is 17.7 Å². The van der Waals surface area contributed by atoms with E-state index in [9.17, 15) is 19.2 Å². The minimum Gasteiger partial charge on any atom is -0.454 e. The fraction of sp³-hybridized carbons (Fsp3) is 0.444. The van der Waals surface area contributed by atoms with Gasteiger partial charge in [0.05, 0.1) is 11.1 Å². The maximum atomic E-state index is 12.3. The van der Waals surface area contributed by atoms with Crippen LogP contribution in [0, 0.1) is 0 Å². The molecule has 1 aliphatic rings. The van der Waals surface area contributed by atoms with E-state index in [1.807, 2.05) is 13.8 Å². The Morgan fingerprint density at radius 3 is 2.20 bits per heavy atom. The van der Waals surface area contributed by atoms with Crippen LogP contribution >= 0.6 is 0 Å². The first-order valence-electron chi connectivity index (χ1n) is 8.29. The van der Waals surface area contributed by atoms with Gasteiger partial charge in [0.15, 0.2) is 6.61 Å². The summed E-state index contributed by atoms with van der Waals surface area (Å²) in [6.07, 6.45) is 1.75. The maximum absolute atomic E-state index is 12.3. The van der Waals surface area contributed by atoms with Gasteiger partial charge in [-0.2, -0.15) is 0 Å². The molecule has 1 aliphatic heterocycles. The van der Waals surface area contributed by atoms with Crippen LogP contribution in [0.3, 0.4) is 0 Å². The fourth-order valence-electron chi connectivity index (χ4n) is 2.74. The smallest absolute Gasteiger partial charge is 0.329 e. The lowest BCUT2D eigenvalue weighted by atomic mass is 10.1. The van der Waals surface area contributed by atoms with Gasteiger partial charge in [0, 0.05) is 6.04 Å². The molecule has 2 rings (SSSR count). The molecule has 0 saturated heterocycles. The van der Waals surface area contributed by atoms with Gasteiger partial charge in [0.1, 0.15) is 6.04 Å². The van der Waals surface area contributed by atoms with E-state index in [1.54, 1.807) is 12.1 Å². The van der Waals surface area contributed by atoms with E-state index in [-0.39, 0.29) is 17.2 Å². The third-order valence-corrected chi connectivity index (χ3v) is 4.03. The molecule has 0 radical (unpaired) electrons. The fourth-order valence-corrected chi connectivity index (χ4v) is 2.74. The van der Waals surface area contributed by atoms with E-state index in [0.717, 1.165) is 17.7 Å². The van der Waals surface area contributed by atoms with Crippen LogP contribution in [0.4, 0.5) is 0 Å². The molecule has 0 aromatic heterocycles. The van der Waals surface area contributed by atoms with E-state index in [1.165, 1.54) is 19.1 Å². The molecule has 0 spiro atoms. The van der Waals surface area contributed by atoms with Gasteiger partial charge < -0.3 is 10.1 Å². The number of imide groups is 1. The quantitative estimate of drug-likeness (QED) is 0.597. The van der Waals surface area contributed by atoms with Crippen molar-refractivity contribution >= 4 is 23.7 Å². The standard InChI is InChI=1S/C18H22N2O5/c1-4-7-11(2)19-15(21)10-25-18(24)12(3)20-16(22)13-8-5-6-9-14(13)17(20)23/h5-6,8-9,11-12H,4,7,10H2,1-3H3,(H,19,21)/t11-,12+/m1/s1. The number of rotatable bonds is 7. The highest BCUT2D eigenvalue weighted by atomic mass is 16.5. The first-order valence-corrected chi connectivity index (χ1v) is 8.29. The summed E-state index contributed by atoms with van der Waals surface area (Å²) in [5.74, 6) is -2.28. The SMILES string of the molecule is CCC[C@@H](C)NC(=O)COC(=O)[C@H](C)N1C(=O)c2ccccc2C1=O. The Hall–Kier alpha value is -2.70. The molecule has 7 nitrogen and oxygen atoms in total. The predicted octanol–water partition coefficient (Wildman–Crippen LogP) is 1.52. The number of amides is 3. The summed E-state index contributed by atoms with van der Waals surface area (Å²) in [7, 11) is 0. The Morgan fingerprint density at radius 1 is 1.12 bits per heavy atom. The minimum atomic E-state index is -1.10. The third kappa shape index (κ3) is 4.04. The minimum absolute atomic E-state index is 0.00939. The molecule has 1 aromatic carbocycles. The van der Waals surface area contributed by atoms with E-state index >= 15 is 0 Å². The average molecular weight is 346 g/mol. The average Bonchev–Trinajstić information content (AvgIpc) is 2.84. The van der Waals surface area contributed by atoms with E-state index < -0.39 is 36.3 Å². The molecule has 0 fully saturated rings. The Bertz CT molecular complexity index is 665. The summed E-state index contributed by atoms with van der Waals surface area (Å²) in [5.41, 5.74) is 0.525. The van der Waals surface area contributed by atoms with Crippen LogP contribution < -0.4 is 5.32 Å². The van der Waals surface area contributed by atoms with Gasteiger partial charge in [-0.3, -0.25) is 19.3 Å². The zero-order valence-electron chi connectivity index (χ0n) is 14.6. The van der Waals surface area contributed by atoms with E-state index in [4.69, 9.17) is 4.74 Å². The summed E-state index contributed by atoms with van der Waals surface area (Å²) in [6, 6.07) is 5.27. The highest BCUT2D eigenvalue weighted by Gasteiger charge is 2.41. The summed E-state index contributed by atoms with van der Waals surface area (Å²) in [4.78, 5) is 49.4. The molecule has 7 heteroatoms. The summed E-state index contributed by atoms with van der Waals surface area (Å²) < 4.78 is 4.96. The molecule has 0 bridgehead atoms. The third-order valence-electron chi connectivity index (χ3n) is 4.03. The lowest BCUT2D eigenvalue weighted by molar-refractivity contribution is -0.152. The first-order chi connectivity index (χ1) is 11.9. The van der Waals surface area contributed by atoms with Crippen molar-refractivity contribution in [3.8, 4) is 0 Å². The lowest BCUT2D eigenvalue weighted by Gasteiger charge is -2.21. The van der Waals surface area contributed by atoms with Gasteiger partial charge in [-0.05, 0) is 32.4 Å². The Kier molecular flexibility index (Phi) is 5.90. The van der Waals surface area contributed by atoms with Crippen molar-refractivity contribution in [2.75, 3.05) is 6.61 Å². The van der Waals surface area contributed by atoms with Gasteiger partial charge in [0.2, 0.25) is 0 Å². The molecule has 1 N–H and O–H groups in total. The Balaban J connectivity index is 1.94. The molecule has 25 heavy (non-hydrogen) atoms. The number of fused-ring (bicyclic) bond motifs is 1. The van der Waals surface area contributed by atoms with Crippen LogP contribution in [0.5, 0.6) is 0 Å². The monoisotopic (exact) mass is 346 g/mol. The number of nitrogens with one attached hydrogen (secondary N) is 1. The topological polar surface area (TPSA) is 92.8 Å². The molecule has 3 amide bonds. The second kappa shape index (κ2) is 7.92. The van der Waals surface area contributed by atoms with Crippen LogP contribution in [-0.4, -0.2) is 47.3 Å². The number of hydrogen-bond acceptors (Lipinski definition) is 5. The van der Waals surface area contributed by atoms with Crippen molar-refractivity contribution in [3.05, 3.63) is 35.4 Å². The molecule has 0 saturated carbocycles. The first kappa shape index (κ1) is 18.6. The van der Waals surface area contributed by atoms with E-state index in [2.05, 4.69) is 5.32 Å². The summed E-state index contributed by atoms with van der Waals surface area (Å²) in [6.45, 7) is 4.83. The number of carbonyl (C=O) groups excluding carboxylic acids is 4. The molecule has 1 heterocycles. The molecular weight excluding hydrogens is 324 g/mol. The van der Waals surface area contributed by atoms with Gasteiger partial charge in [-0.1, -0.05) is 25.5 Å². The van der Waals surface area contributed by atoms with Crippen molar-refractivity contribution in [1.82, 2.24) is 10.2 Å².